The summed E-state index contributed by atoms with van der Waals surface area (Å²) < 4.78 is 5.33. The van der Waals surface area contributed by atoms with Crippen LogP contribution in [0.3, 0.4) is 0 Å². The Labute approximate surface area is 133 Å². The van der Waals surface area contributed by atoms with Crippen molar-refractivity contribution in [3.05, 3.63) is 47.7 Å². The van der Waals surface area contributed by atoms with Crippen molar-refractivity contribution >= 4 is 16.8 Å². The molecule has 23 heavy (non-hydrogen) atoms. The zero-order chi connectivity index (χ0) is 15.8. The first kappa shape index (κ1) is 14.0. The average Bonchev–Trinajstić information content (AvgIpc) is 3.22. The standard InChI is InChI=1S/C17H18N4O2/c1-11-19-16(23-20-11)15-7-2-3-10-21(15)17(22)13-5-4-6-14-12(13)8-9-18-14/h4-6,8-9,15,18H,2-3,7,10H2,1H3/t15-/m1/s1. The van der Waals surface area contributed by atoms with E-state index >= 15 is 0 Å². The second kappa shape index (κ2) is 5.53. The average molecular weight is 310 g/mol. The molecule has 0 spiro atoms. The molecule has 2 aromatic heterocycles. The highest BCUT2D eigenvalue weighted by molar-refractivity contribution is 6.06. The van der Waals surface area contributed by atoms with Gasteiger partial charge in [-0.05, 0) is 44.4 Å². The van der Waals surface area contributed by atoms with Crippen LogP contribution in [0, 0.1) is 6.92 Å². The highest BCUT2D eigenvalue weighted by atomic mass is 16.5. The summed E-state index contributed by atoms with van der Waals surface area (Å²) in [5.41, 5.74) is 1.69. The van der Waals surface area contributed by atoms with Gasteiger partial charge in [0.2, 0.25) is 5.89 Å². The number of aryl methyl sites for hydroxylation is 1. The first-order chi connectivity index (χ1) is 11.2. The Morgan fingerprint density at radius 3 is 3.09 bits per heavy atom. The van der Waals surface area contributed by atoms with Crippen LogP contribution in [0.5, 0.6) is 0 Å². The number of hydrogen-bond donors (Lipinski definition) is 1. The van der Waals surface area contributed by atoms with Crippen molar-refractivity contribution < 1.29 is 9.32 Å². The number of piperidine rings is 1. The van der Waals surface area contributed by atoms with E-state index in [1.165, 1.54) is 0 Å². The third kappa shape index (κ3) is 2.40. The zero-order valence-corrected chi connectivity index (χ0v) is 13.0. The minimum Gasteiger partial charge on any atom is -0.361 e. The van der Waals surface area contributed by atoms with E-state index in [9.17, 15) is 4.79 Å². The number of likely N-dealkylation sites (tertiary alicyclic amines) is 1. The zero-order valence-electron chi connectivity index (χ0n) is 13.0. The van der Waals surface area contributed by atoms with Crippen LogP contribution >= 0.6 is 0 Å². The van der Waals surface area contributed by atoms with Gasteiger partial charge in [-0.3, -0.25) is 4.79 Å². The Kier molecular flexibility index (Phi) is 3.37. The van der Waals surface area contributed by atoms with Gasteiger partial charge in [-0.25, -0.2) is 0 Å². The van der Waals surface area contributed by atoms with Crippen LogP contribution in [0.15, 0.2) is 35.0 Å². The van der Waals surface area contributed by atoms with Crippen LogP contribution in [0.25, 0.3) is 10.9 Å². The number of amides is 1. The molecule has 0 aliphatic carbocycles. The van der Waals surface area contributed by atoms with E-state index in [1.54, 1.807) is 6.92 Å². The van der Waals surface area contributed by atoms with Crippen molar-refractivity contribution in [1.82, 2.24) is 20.0 Å². The van der Waals surface area contributed by atoms with E-state index in [2.05, 4.69) is 15.1 Å². The first-order valence-corrected chi connectivity index (χ1v) is 7.91. The van der Waals surface area contributed by atoms with E-state index in [0.29, 0.717) is 23.8 Å². The number of rotatable bonds is 2. The predicted molar refractivity (Wildman–Crippen MR) is 85.0 cm³/mol. The number of nitrogens with one attached hydrogen (secondary N) is 1. The lowest BCUT2D eigenvalue weighted by molar-refractivity contribution is 0.0563. The maximum absolute atomic E-state index is 13.1. The van der Waals surface area contributed by atoms with Gasteiger partial charge in [0.25, 0.3) is 5.91 Å². The van der Waals surface area contributed by atoms with Crippen molar-refractivity contribution in [1.29, 1.82) is 0 Å². The summed E-state index contributed by atoms with van der Waals surface area (Å²) in [5.74, 6) is 1.17. The maximum atomic E-state index is 13.1. The Bertz CT molecular complexity index is 851. The van der Waals surface area contributed by atoms with Gasteiger partial charge in [0.1, 0.15) is 6.04 Å². The molecule has 4 rings (SSSR count). The number of fused-ring (bicyclic) bond motifs is 1. The van der Waals surface area contributed by atoms with Gasteiger partial charge in [0.15, 0.2) is 5.82 Å². The molecule has 118 valence electrons. The van der Waals surface area contributed by atoms with Crippen molar-refractivity contribution in [3.63, 3.8) is 0 Å². The lowest BCUT2D eigenvalue weighted by Crippen LogP contribution is -2.38. The summed E-state index contributed by atoms with van der Waals surface area (Å²) in [6.07, 6.45) is 4.77. The Hall–Kier alpha value is -2.63. The summed E-state index contributed by atoms with van der Waals surface area (Å²) in [7, 11) is 0. The summed E-state index contributed by atoms with van der Waals surface area (Å²) in [5, 5.41) is 4.82. The Morgan fingerprint density at radius 2 is 2.26 bits per heavy atom. The van der Waals surface area contributed by atoms with Crippen molar-refractivity contribution in [2.45, 2.75) is 32.2 Å². The molecular weight excluding hydrogens is 292 g/mol. The maximum Gasteiger partial charge on any atom is 0.255 e. The molecule has 1 aliphatic rings. The summed E-state index contributed by atoms with van der Waals surface area (Å²) in [6.45, 7) is 2.51. The highest BCUT2D eigenvalue weighted by Gasteiger charge is 2.33. The van der Waals surface area contributed by atoms with E-state index in [0.717, 1.165) is 30.2 Å². The first-order valence-electron chi connectivity index (χ1n) is 7.91. The predicted octanol–water partition coefficient (Wildman–Crippen LogP) is 3.23. The van der Waals surface area contributed by atoms with Gasteiger partial charge in [0, 0.05) is 29.2 Å². The van der Waals surface area contributed by atoms with E-state index < -0.39 is 0 Å². The molecule has 1 aliphatic heterocycles. The molecule has 6 heteroatoms. The number of H-pyrrole nitrogens is 1. The lowest BCUT2D eigenvalue weighted by Gasteiger charge is -2.33. The van der Waals surface area contributed by atoms with Crippen LogP contribution in [0.4, 0.5) is 0 Å². The van der Waals surface area contributed by atoms with E-state index in [-0.39, 0.29) is 11.9 Å². The molecule has 3 aromatic rings. The molecule has 0 radical (unpaired) electrons. The Morgan fingerprint density at radius 1 is 1.35 bits per heavy atom. The van der Waals surface area contributed by atoms with Gasteiger partial charge >= 0.3 is 0 Å². The fourth-order valence-corrected chi connectivity index (χ4v) is 3.31. The fraction of sp³-hybridized carbons (Fsp3) is 0.353. The van der Waals surface area contributed by atoms with Crippen LogP contribution in [-0.4, -0.2) is 32.5 Å². The monoisotopic (exact) mass is 310 g/mol. The van der Waals surface area contributed by atoms with Crippen molar-refractivity contribution in [2.24, 2.45) is 0 Å². The molecule has 6 nitrogen and oxygen atoms in total. The molecule has 0 unspecified atom stereocenters. The third-order valence-electron chi connectivity index (χ3n) is 4.42. The summed E-state index contributed by atoms with van der Waals surface area (Å²) >= 11 is 0. The second-order valence-corrected chi connectivity index (χ2v) is 5.93. The lowest BCUT2D eigenvalue weighted by atomic mass is 9.99. The Balaban J connectivity index is 1.72. The number of benzene rings is 1. The molecule has 1 N–H and O–H groups in total. The normalized spacial score (nSPS) is 18.5. The number of carbonyl (C=O) groups excluding carboxylic acids is 1. The topological polar surface area (TPSA) is 75.0 Å². The van der Waals surface area contributed by atoms with Gasteiger partial charge in [0.05, 0.1) is 0 Å². The van der Waals surface area contributed by atoms with Crippen molar-refractivity contribution in [2.75, 3.05) is 6.54 Å². The summed E-state index contributed by atoms with van der Waals surface area (Å²) in [6, 6.07) is 7.57. The number of aromatic nitrogens is 3. The quantitative estimate of drug-likeness (QED) is 0.788. The molecule has 3 heterocycles. The molecule has 1 aromatic carbocycles. The van der Waals surface area contributed by atoms with E-state index in [4.69, 9.17) is 4.52 Å². The van der Waals surface area contributed by atoms with Gasteiger partial charge < -0.3 is 14.4 Å². The molecular formula is C17H18N4O2. The molecule has 1 fully saturated rings. The number of nitrogens with zero attached hydrogens (tertiary/aromatic N) is 3. The molecule has 0 bridgehead atoms. The molecule has 1 amide bonds. The number of hydrogen-bond acceptors (Lipinski definition) is 4. The minimum atomic E-state index is -0.133. The van der Waals surface area contributed by atoms with Crippen LogP contribution in [-0.2, 0) is 0 Å². The fourth-order valence-electron chi connectivity index (χ4n) is 3.31. The van der Waals surface area contributed by atoms with Crippen LogP contribution in [0.2, 0.25) is 0 Å². The molecule has 1 saturated heterocycles. The third-order valence-corrected chi connectivity index (χ3v) is 4.42. The van der Waals surface area contributed by atoms with Crippen LogP contribution in [0.1, 0.15) is 47.4 Å². The number of carbonyl (C=O) groups is 1. The summed E-state index contributed by atoms with van der Waals surface area (Å²) in [4.78, 5) is 22.5. The second-order valence-electron chi connectivity index (χ2n) is 5.93. The minimum absolute atomic E-state index is 0.0238. The van der Waals surface area contributed by atoms with Gasteiger partial charge in [-0.2, -0.15) is 4.98 Å². The number of aromatic amines is 1. The highest BCUT2D eigenvalue weighted by Crippen LogP contribution is 2.32. The largest absolute Gasteiger partial charge is 0.361 e. The molecule has 0 saturated carbocycles. The van der Waals surface area contributed by atoms with E-state index in [1.807, 2.05) is 35.4 Å². The van der Waals surface area contributed by atoms with Gasteiger partial charge in [-0.15, -0.1) is 0 Å². The van der Waals surface area contributed by atoms with Crippen LogP contribution < -0.4 is 0 Å². The van der Waals surface area contributed by atoms with Crippen molar-refractivity contribution in [3.8, 4) is 0 Å². The SMILES string of the molecule is Cc1noc([C@H]2CCCCN2C(=O)c2cccc3[nH]ccc23)n1. The smallest absolute Gasteiger partial charge is 0.255 e. The van der Waals surface area contributed by atoms with Gasteiger partial charge in [-0.1, -0.05) is 11.2 Å². The molecule has 1 atom stereocenters.